The molecule has 0 saturated carbocycles. The lowest BCUT2D eigenvalue weighted by Crippen LogP contribution is -1.97. The average molecular weight is 417 g/mol. The minimum Gasteiger partial charge on any atom is -0.478 e. The average Bonchev–Trinajstić information content (AvgIpc) is 2.42. The summed E-state index contributed by atoms with van der Waals surface area (Å²) in [5.74, 6) is -0.451. The van der Waals surface area contributed by atoms with Gasteiger partial charge in [-0.05, 0) is 56.1 Å². The molecule has 0 fully saturated rings. The van der Waals surface area contributed by atoms with Crippen LogP contribution in [-0.2, 0) is 0 Å². The van der Waals surface area contributed by atoms with Crippen LogP contribution in [0.1, 0.15) is 10.4 Å². The first-order valence-corrected chi connectivity index (χ1v) is 7.11. The summed E-state index contributed by atoms with van der Waals surface area (Å²) in [6, 6.07) is 8.38. The molecule has 0 heterocycles. The summed E-state index contributed by atoms with van der Waals surface area (Å²) in [5.41, 5.74) is -0.00110. The Balaban J connectivity index is 2.36. The minimum atomic E-state index is -1.06. The van der Waals surface area contributed by atoms with Gasteiger partial charge in [-0.2, -0.15) is 0 Å². The van der Waals surface area contributed by atoms with Crippen LogP contribution in [0.25, 0.3) is 0 Å². The smallest absolute Gasteiger partial charge is 0.335 e. The van der Waals surface area contributed by atoms with E-state index in [0.29, 0.717) is 14.7 Å². The molecule has 0 spiro atoms. The quantitative estimate of drug-likeness (QED) is 0.580. The Bertz CT molecular complexity index is 732. The highest BCUT2D eigenvalue weighted by Crippen LogP contribution is 2.36. The zero-order valence-electron chi connectivity index (χ0n) is 10.2. The summed E-state index contributed by atoms with van der Waals surface area (Å²) in [6.45, 7) is 0. The number of carboxylic acids is 1. The number of carboxylic acid groups (broad SMARTS) is 1. The number of benzene rings is 2. The lowest BCUT2D eigenvalue weighted by Gasteiger charge is -2.09. The summed E-state index contributed by atoms with van der Waals surface area (Å²) in [6.07, 6.45) is 0. The second-order valence-electron chi connectivity index (χ2n) is 3.92. The molecule has 0 saturated heterocycles. The van der Waals surface area contributed by atoms with E-state index >= 15 is 0 Å². The van der Waals surface area contributed by atoms with Crippen LogP contribution in [0.5, 0.6) is 11.5 Å². The molecule has 0 bridgehead atoms. The van der Waals surface area contributed by atoms with Crippen molar-refractivity contribution in [2.75, 3.05) is 0 Å². The van der Waals surface area contributed by atoms with Gasteiger partial charge in [0.15, 0.2) is 0 Å². The first-order chi connectivity index (χ1) is 9.88. The van der Waals surface area contributed by atoms with E-state index in [1.807, 2.05) is 0 Å². The molecule has 0 amide bonds. The molecular formula is C13H7Br2NO5. The van der Waals surface area contributed by atoms with Crippen molar-refractivity contribution in [3.8, 4) is 11.5 Å². The van der Waals surface area contributed by atoms with Crippen molar-refractivity contribution in [2.24, 2.45) is 0 Å². The Labute approximate surface area is 135 Å². The summed E-state index contributed by atoms with van der Waals surface area (Å²) < 4.78 is 6.55. The van der Waals surface area contributed by atoms with Crippen molar-refractivity contribution in [3.05, 3.63) is 61.0 Å². The zero-order valence-corrected chi connectivity index (χ0v) is 13.4. The highest BCUT2D eigenvalue weighted by atomic mass is 79.9. The molecule has 0 aliphatic carbocycles. The third kappa shape index (κ3) is 3.59. The van der Waals surface area contributed by atoms with Gasteiger partial charge in [0.2, 0.25) is 0 Å². The van der Waals surface area contributed by atoms with Gasteiger partial charge in [-0.25, -0.2) is 4.79 Å². The molecule has 0 aliphatic heterocycles. The molecule has 0 aromatic heterocycles. The van der Waals surface area contributed by atoms with Crippen LogP contribution in [0.3, 0.4) is 0 Å². The van der Waals surface area contributed by atoms with E-state index < -0.39 is 10.9 Å². The second-order valence-corrected chi connectivity index (χ2v) is 5.63. The predicted octanol–water partition coefficient (Wildman–Crippen LogP) is 4.61. The molecule has 0 atom stereocenters. The van der Waals surface area contributed by atoms with Crippen molar-refractivity contribution in [2.45, 2.75) is 0 Å². The Morgan fingerprint density at radius 2 is 1.81 bits per heavy atom. The Morgan fingerprint density at radius 3 is 2.38 bits per heavy atom. The fraction of sp³-hybridized carbons (Fsp3) is 0. The van der Waals surface area contributed by atoms with Gasteiger partial charge < -0.3 is 9.84 Å². The fourth-order valence-electron chi connectivity index (χ4n) is 1.52. The largest absolute Gasteiger partial charge is 0.478 e. The number of aromatic carboxylic acids is 1. The van der Waals surface area contributed by atoms with E-state index in [0.717, 1.165) is 0 Å². The number of rotatable bonds is 4. The lowest BCUT2D eigenvalue weighted by atomic mass is 10.2. The van der Waals surface area contributed by atoms with Gasteiger partial charge in [0.1, 0.15) is 11.5 Å². The fourth-order valence-corrected chi connectivity index (χ4v) is 2.31. The van der Waals surface area contributed by atoms with Gasteiger partial charge in [0, 0.05) is 6.07 Å². The van der Waals surface area contributed by atoms with Gasteiger partial charge >= 0.3 is 5.97 Å². The second kappa shape index (κ2) is 6.23. The van der Waals surface area contributed by atoms with Crippen LogP contribution in [0, 0.1) is 10.1 Å². The number of ether oxygens (including phenoxy) is 1. The maximum atomic E-state index is 10.9. The van der Waals surface area contributed by atoms with Gasteiger partial charge in [-0.1, -0.05) is 0 Å². The summed E-state index contributed by atoms with van der Waals surface area (Å²) in [4.78, 5) is 21.1. The molecule has 6 nitrogen and oxygen atoms in total. The van der Waals surface area contributed by atoms with Gasteiger partial charge in [0.25, 0.3) is 5.69 Å². The van der Waals surface area contributed by atoms with Crippen molar-refractivity contribution < 1.29 is 19.6 Å². The Kier molecular flexibility index (Phi) is 4.59. The zero-order chi connectivity index (χ0) is 15.6. The molecule has 0 unspecified atom stereocenters. The van der Waals surface area contributed by atoms with Gasteiger partial charge in [0.05, 0.1) is 25.5 Å². The number of nitro benzene ring substituents is 1. The van der Waals surface area contributed by atoms with Crippen molar-refractivity contribution in [3.63, 3.8) is 0 Å². The van der Waals surface area contributed by atoms with E-state index in [2.05, 4.69) is 31.9 Å². The number of nitro groups is 1. The summed E-state index contributed by atoms with van der Waals surface area (Å²) in [7, 11) is 0. The molecular weight excluding hydrogens is 410 g/mol. The van der Waals surface area contributed by atoms with Crippen molar-refractivity contribution >= 4 is 43.5 Å². The molecule has 2 aromatic rings. The van der Waals surface area contributed by atoms with E-state index in [1.54, 1.807) is 0 Å². The van der Waals surface area contributed by atoms with E-state index in [1.165, 1.54) is 36.4 Å². The van der Waals surface area contributed by atoms with Crippen LogP contribution >= 0.6 is 31.9 Å². The topological polar surface area (TPSA) is 89.7 Å². The van der Waals surface area contributed by atoms with E-state index in [-0.39, 0.29) is 17.0 Å². The van der Waals surface area contributed by atoms with Crippen molar-refractivity contribution in [1.82, 2.24) is 0 Å². The molecule has 0 aliphatic rings. The first kappa shape index (κ1) is 15.5. The highest BCUT2D eigenvalue weighted by Gasteiger charge is 2.13. The lowest BCUT2D eigenvalue weighted by molar-refractivity contribution is -0.384. The molecule has 21 heavy (non-hydrogen) atoms. The van der Waals surface area contributed by atoms with Crippen LogP contribution in [0.4, 0.5) is 5.69 Å². The maximum Gasteiger partial charge on any atom is 0.335 e. The molecule has 2 rings (SSSR count). The van der Waals surface area contributed by atoms with Gasteiger partial charge in [-0.15, -0.1) is 0 Å². The SMILES string of the molecule is O=C(O)c1ccc(Oc2cc([N+](=O)[O-])ccc2Br)c(Br)c1. The number of nitrogens with zero attached hydrogens (tertiary/aromatic N) is 1. The normalized spacial score (nSPS) is 10.2. The van der Waals surface area contributed by atoms with Crippen LogP contribution in [0.15, 0.2) is 45.3 Å². The predicted molar refractivity (Wildman–Crippen MR) is 82.0 cm³/mol. The van der Waals surface area contributed by atoms with Crippen LogP contribution < -0.4 is 4.74 Å². The number of hydrogen-bond donors (Lipinski definition) is 1. The Morgan fingerprint density at radius 1 is 1.10 bits per heavy atom. The number of non-ortho nitro benzene ring substituents is 1. The third-order valence-corrected chi connectivity index (χ3v) is 3.80. The van der Waals surface area contributed by atoms with Crippen molar-refractivity contribution in [1.29, 1.82) is 0 Å². The van der Waals surface area contributed by atoms with E-state index in [4.69, 9.17) is 9.84 Å². The van der Waals surface area contributed by atoms with Crippen LogP contribution in [0.2, 0.25) is 0 Å². The number of hydrogen-bond acceptors (Lipinski definition) is 4. The number of carbonyl (C=O) groups is 1. The summed E-state index contributed by atoms with van der Waals surface area (Å²) >= 11 is 6.45. The molecule has 8 heteroatoms. The minimum absolute atomic E-state index is 0.104. The first-order valence-electron chi connectivity index (χ1n) is 5.53. The van der Waals surface area contributed by atoms with Gasteiger partial charge in [-0.3, -0.25) is 10.1 Å². The molecule has 2 aromatic carbocycles. The summed E-state index contributed by atoms with van der Waals surface area (Å²) in [5, 5.41) is 19.7. The maximum absolute atomic E-state index is 10.9. The van der Waals surface area contributed by atoms with Crippen LogP contribution in [-0.4, -0.2) is 16.0 Å². The standard InChI is InChI=1S/C13H7Br2NO5/c14-9-3-2-8(16(19)20)6-12(9)21-11-4-1-7(13(17)18)5-10(11)15/h1-6H,(H,17,18). The monoisotopic (exact) mass is 415 g/mol. The van der Waals surface area contributed by atoms with E-state index in [9.17, 15) is 14.9 Å². The molecule has 108 valence electrons. The number of halogens is 2. The molecule has 0 radical (unpaired) electrons. The third-order valence-electron chi connectivity index (χ3n) is 2.52. The highest BCUT2D eigenvalue weighted by molar-refractivity contribution is 9.11. The molecule has 1 N–H and O–H groups in total. The Hall–Kier alpha value is -1.93.